The average Bonchev–Trinajstić information content (AvgIpc) is 3.21. The smallest absolute Gasteiger partial charge is 0.231 e. The van der Waals surface area contributed by atoms with Crippen LogP contribution in [0.15, 0.2) is 41.3 Å². The third kappa shape index (κ3) is 3.20. The summed E-state index contributed by atoms with van der Waals surface area (Å²) in [7, 11) is 0. The third-order valence-corrected chi connectivity index (χ3v) is 6.24. The summed E-state index contributed by atoms with van der Waals surface area (Å²) >= 11 is 3.89. The molecule has 0 aliphatic carbocycles. The van der Waals surface area contributed by atoms with Gasteiger partial charge in [-0.1, -0.05) is 18.3 Å². The second-order valence-electron chi connectivity index (χ2n) is 5.57. The SMILES string of the molecule is C=CNCCn1c(Sc2cc3c(cc2I)OCO3)nc2c(C)ncnc21. The first-order valence-corrected chi connectivity index (χ1v) is 9.86. The zero-order valence-electron chi connectivity index (χ0n) is 14.0. The maximum atomic E-state index is 5.51. The minimum atomic E-state index is 0.264. The van der Waals surface area contributed by atoms with Crippen molar-refractivity contribution < 1.29 is 9.47 Å². The van der Waals surface area contributed by atoms with Crippen LogP contribution in [-0.4, -0.2) is 32.9 Å². The number of nitrogens with zero attached hydrogens (tertiary/aromatic N) is 4. The Hall–Kier alpha value is -2.01. The number of imidazole rings is 1. The molecule has 0 unspecified atom stereocenters. The molecule has 1 aromatic carbocycles. The van der Waals surface area contributed by atoms with Crippen LogP contribution >= 0.6 is 34.4 Å². The van der Waals surface area contributed by atoms with Crippen LogP contribution in [0.5, 0.6) is 11.5 Å². The maximum absolute atomic E-state index is 5.51. The summed E-state index contributed by atoms with van der Waals surface area (Å²) in [4.78, 5) is 14.6. The largest absolute Gasteiger partial charge is 0.454 e. The van der Waals surface area contributed by atoms with E-state index < -0.39 is 0 Å². The van der Waals surface area contributed by atoms with Gasteiger partial charge in [-0.15, -0.1) is 0 Å². The Labute approximate surface area is 168 Å². The lowest BCUT2D eigenvalue weighted by Crippen LogP contribution is -2.15. The zero-order chi connectivity index (χ0) is 18.1. The number of nitrogens with one attached hydrogen (secondary N) is 1. The summed E-state index contributed by atoms with van der Waals surface area (Å²) in [5.41, 5.74) is 2.53. The second kappa shape index (κ2) is 7.31. The summed E-state index contributed by atoms with van der Waals surface area (Å²) in [6, 6.07) is 3.99. The quantitative estimate of drug-likeness (QED) is 0.428. The standard InChI is InChI=1S/C17H16IN5O2S/c1-3-19-4-5-23-16-15(10(2)20-8-21-16)22-17(23)26-14-7-13-12(6-11(14)18)24-9-25-13/h3,6-8,19H,1,4-5,9H2,2H3. The molecule has 4 rings (SSSR count). The van der Waals surface area contributed by atoms with Crippen LogP contribution in [0.4, 0.5) is 0 Å². The van der Waals surface area contributed by atoms with Crippen LogP contribution in [0.25, 0.3) is 11.2 Å². The van der Waals surface area contributed by atoms with Gasteiger partial charge in [0.25, 0.3) is 0 Å². The van der Waals surface area contributed by atoms with E-state index in [4.69, 9.17) is 14.5 Å². The van der Waals surface area contributed by atoms with Gasteiger partial charge in [-0.05, 0) is 47.8 Å². The van der Waals surface area contributed by atoms with E-state index in [1.54, 1.807) is 24.3 Å². The highest BCUT2D eigenvalue weighted by molar-refractivity contribution is 14.1. The van der Waals surface area contributed by atoms with Gasteiger partial charge in [0.15, 0.2) is 22.3 Å². The van der Waals surface area contributed by atoms with Crippen molar-refractivity contribution in [2.24, 2.45) is 0 Å². The van der Waals surface area contributed by atoms with Crippen LogP contribution in [0.3, 0.4) is 0 Å². The Kier molecular flexibility index (Phi) is 4.90. The van der Waals surface area contributed by atoms with Gasteiger partial charge in [0, 0.05) is 21.6 Å². The van der Waals surface area contributed by atoms with Crippen LogP contribution < -0.4 is 14.8 Å². The predicted molar refractivity (Wildman–Crippen MR) is 108 cm³/mol. The van der Waals surface area contributed by atoms with Gasteiger partial charge in [0.05, 0.1) is 5.69 Å². The molecular formula is C17H16IN5O2S. The third-order valence-electron chi connectivity index (χ3n) is 3.93. The van der Waals surface area contributed by atoms with Crippen molar-refractivity contribution in [2.75, 3.05) is 13.3 Å². The van der Waals surface area contributed by atoms with Gasteiger partial charge in [-0.3, -0.25) is 0 Å². The van der Waals surface area contributed by atoms with Gasteiger partial charge < -0.3 is 19.4 Å². The number of aryl methyl sites for hydroxylation is 1. The second-order valence-corrected chi connectivity index (χ2v) is 7.74. The van der Waals surface area contributed by atoms with E-state index >= 15 is 0 Å². The highest BCUT2D eigenvalue weighted by Gasteiger charge is 2.20. The highest BCUT2D eigenvalue weighted by Crippen LogP contribution is 2.41. The van der Waals surface area contributed by atoms with Crippen LogP contribution in [0.1, 0.15) is 5.69 Å². The van der Waals surface area contributed by atoms with Gasteiger partial charge in [-0.2, -0.15) is 0 Å². The molecule has 0 bridgehead atoms. The number of aromatic nitrogens is 4. The summed E-state index contributed by atoms with van der Waals surface area (Å²) in [6.07, 6.45) is 3.27. The number of hydrogen-bond acceptors (Lipinski definition) is 7. The Morgan fingerprint density at radius 1 is 1.35 bits per heavy atom. The van der Waals surface area contributed by atoms with E-state index in [0.717, 1.165) is 55.1 Å². The normalized spacial score (nSPS) is 12.5. The molecule has 0 saturated heterocycles. The van der Waals surface area contributed by atoms with Crippen molar-refractivity contribution in [3.05, 3.63) is 40.5 Å². The Morgan fingerprint density at radius 2 is 2.15 bits per heavy atom. The molecule has 0 atom stereocenters. The molecule has 3 aromatic rings. The number of benzene rings is 1. The molecule has 3 heterocycles. The fraction of sp³-hybridized carbons (Fsp3) is 0.235. The Bertz CT molecular complexity index is 991. The van der Waals surface area contributed by atoms with E-state index in [1.807, 2.05) is 19.1 Å². The van der Waals surface area contributed by atoms with Gasteiger partial charge >= 0.3 is 0 Å². The number of halogens is 1. The number of fused-ring (bicyclic) bond motifs is 2. The van der Waals surface area contributed by atoms with Crippen LogP contribution in [-0.2, 0) is 6.54 Å². The summed E-state index contributed by atoms with van der Waals surface area (Å²) in [5, 5.41) is 3.99. The lowest BCUT2D eigenvalue weighted by molar-refractivity contribution is 0.174. The summed E-state index contributed by atoms with van der Waals surface area (Å²) < 4.78 is 14.1. The van der Waals surface area contributed by atoms with Crippen molar-refractivity contribution in [1.29, 1.82) is 0 Å². The summed E-state index contributed by atoms with van der Waals surface area (Å²) in [5.74, 6) is 1.55. The molecule has 0 spiro atoms. The number of rotatable bonds is 6. The molecule has 7 nitrogen and oxygen atoms in total. The minimum Gasteiger partial charge on any atom is -0.454 e. The van der Waals surface area contributed by atoms with Crippen molar-refractivity contribution in [3.63, 3.8) is 0 Å². The molecule has 0 saturated carbocycles. The first kappa shape index (κ1) is 17.4. The van der Waals surface area contributed by atoms with Gasteiger partial charge in [0.2, 0.25) is 6.79 Å². The lowest BCUT2D eigenvalue weighted by Gasteiger charge is -2.10. The summed E-state index contributed by atoms with van der Waals surface area (Å²) in [6.45, 7) is 7.37. The van der Waals surface area contributed by atoms with Gasteiger partial charge in [0.1, 0.15) is 11.8 Å². The molecule has 1 aliphatic heterocycles. The lowest BCUT2D eigenvalue weighted by atomic mass is 10.3. The van der Waals surface area contributed by atoms with E-state index in [2.05, 4.69) is 49.0 Å². The molecule has 0 radical (unpaired) electrons. The van der Waals surface area contributed by atoms with Gasteiger partial charge in [-0.25, -0.2) is 15.0 Å². The molecule has 1 N–H and O–H groups in total. The Morgan fingerprint density at radius 3 is 2.96 bits per heavy atom. The average molecular weight is 481 g/mol. The van der Waals surface area contributed by atoms with E-state index in [9.17, 15) is 0 Å². The van der Waals surface area contributed by atoms with Crippen molar-refractivity contribution in [2.45, 2.75) is 23.5 Å². The molecule has 0 amide bonds. The highest BCUT2D eigenvalue weighted by atomic mass is 127. The first-order valence-electron chi connectivity index (χ1n) is 7.96. The fourth-order valence-electron chi connectivity index (χ4n) is 2.66. The topological polar surface area (TPSA) is 74.1 Å². The fourth-order valence-corrected chi connectivity index (χ4v) is 4.38. The molecule has 2 aromatic heterocycles. The molecule has 26 heavy (non-hydrogen) atoms. The maximum Gasteiger partial charge on any atom is 0.231 e. The predicted octanol–water partition coefficient (Wildman–Crippen LogP) is 3.35. The van der Waals surface area contributed by atoms with Crippen LogP contribution in [0.2, 0.25) is 0 Å². The number of ether oxygens (including phenoxy) is 2. The minimum absolute atomic E-state index is 0.264. The van der Waals surface area contributed by atoms with Crippen molar-refractivity contribution in [3.8, 4) is 11.5 Å². The molecule has 1 aliphatic rings. The Balaban J connectivity index is 1.74. The van der Waals surface area contributed by atoms with Crippen molar-refractivity contribution in [1.82, 2.24) is 24.8 Å². The molecular weight excluding hydrogens is 465 g/mol. The molecule has 9 heteroatoms. The van der Waals surface area contributed by atoms with E-state index in [1.165, 1.54) is 0 Å². The van der Waals surface area contributed by atoms with E-state index in [-0.39, 0.29) is 6.79 Å². The monoisotopic (exact) mass is 481 g/mol. The molecule has 0 fully saturated rings. The number of hydrogen-bond donors (Lipinski definition) is 1. The van der Waals surface area contributed by atoms with E-state index in [0.29, 0.717) is 0 Å². The first-order chi connectivity index (χ1) is 12.7. The van der Waals surface area contributed by atoms with Crippen LogP contribution in [0, 0.1) is 10.5 Å². The molecule has 134 valence electrons. The van der Waals surface area contributed by atoms with Crippen molar-refractivity contribution >= 4 is 45.5 Å². The zero-order valence-corrected chi connectivity index (χ0v) is 17.0.